The highest BCUT2D eigenvalue weighted by atomic mass is 127. The first-order valence-electron chi connectivity index (χ1n) is 5.44. The third kappa shape index (κ3) is 5.21. The van der Waals surface area contributed by atoms with Crippen LogP contribution >= 0.6 is 22.6 Å². The summed E-state index contributed by atoms with van der Waals surface area (Å²) in [5, 5.41) is 3.22. The lowest BCUT2D eigenvalue weighted by Crippen LogP contribution is -2.14. The van der Waals surface area contributed by atoms with Gasteiger partial charge in [-0.15, -0.1) is 0 Å². The molecular weight excluding hydrogens is 323 g/mol. The molecule has 90 valence electrons. The Labute approximate surface area is 109 Å². The van der Waals surface area contributed by atoms with Crippen molar-refractivity contribution in [3.8, 4) is 0 Å². The third-order valence-electron chi connectivity index (χ3n) is 2.30. The van der Waals surface area contributed by atoms with Gasteiger partial charge in [0, 0.05) is 6.54 Å². The summed E-state index contributed by atoms with van der Waals surface area (Å²) < 4.78 is 26.7. The van der Waals surface area contributed by atoms with Gasteiger partial charge in [0.2, 0.25) is 0 Å². The molecule has 0 fully saturated rings. The predicted molar refractivity (Wildman–Crippen MR) is 70.8 cm³/mol. The maximum atomic E-state index is 12.9. The van der Waals surface area contributed by atoms with Crippen molar-refractivity contribution >= 4 is 22.6 Å². The van der Waals surface area contributed by atoms with Crippen LogP contribution in [0.2, 0.25) is 0 Å². The number of halogens is 3. The zero-order valence-electron chi connectivity index (χ0n) is 9.11. The molecule has 1 nitrogen and oxygen atoms in total. The second-order valence-corrected chi connectivity index (χ2v) is 4.75. The molecule has 1 N–H and O–H groups in total. The monoisotopic (exact) mass is 339 g/mol. The molecule has 0 radical (unpaired) electrons. The van der Waals surface area contributed by atoms with Gasteiger partial charge in [-0.1, -0.05) is 35.1 Å². The van der Waals surface area contributed by atoms with Gasteiger partial charge >= 0.3 is 0 Å². The van der Waals surface area contributed by atoms with Crippen molar-refractivity contribution < 1.29 is 8.78 Å². The molecule has 0 heterocycles. The average Bonchev–Trinajstić information content (AvgIpc) is 2.28. The van der Waals surface area contributed by atoms with Crippen molar-refractivity contribution in [1.82, 2.24) is 5.32 Å². The number of unbranched alkanes of at least 4 members (excludes halogenated alkanes) is 2. The molecular formula is C12H16F2IN. The van der Waals surface area contributed by atoms with Gasteiger partial charge in [0.15, 0.2) is 11.6 Å². The van der Waals surface area contributed by atoms with Gasteiger partial charge in [-0.25, -0.2) is 8.78 Å². The van der Waals surface area contributed by atoms with Gasteiger partial charge in [-0.3, -0.25) is 0 Å². The Kier molecular flexibility index (Phi) is 6.87. The molecule has 1 rings (SSSR count). The van der Waals surface area contributed by atoms with E-state index < -0.39 is 11.6 Å². The van der Waals surface area contributed by atoms with Crippen LogP contribution in [0.4, 0.5) is 8.78 Å². The van der Waals surface area contributed by atoms with Crippen molar-refractivity contribution in [1.29, 1.82) is 0 Å². The molecule has 0 unspecified atom stereocenters. The van der Waals surface area contributed by atoms with Crippen molar-refractivity contribution in [2.24, 2.45) is 0 Å². The number of hydrogen-bond acceptors (Lipinski definition) is 1. The van der Waals surface area contributed by atoms with Gasteiger partial charge in [-0.2, -0.15) is 0 Å². The topological polar surface area (TPSA) is 12.0 Å². The molecule has 0 aliphatic rings. The fourth-order valence-corrected chi connectivity index (χ4v) is 1.94. The van der Waals surface area contributed by atoms with Gasteiger partial charge in [0.05, 0.1) is 0 Å². The van der Waals surface area contributed by atoms with Crippen molar-refractivity contribution in [3.05, 3.63) is 35.4 Å². The van der Waals surface area contributed by atoms with E-state index in [0.29, 0.717) is 6.54 Å². The quantitative estimate of drug-likeness (QED) is 0.454. The molecule has 4 heteroatoms. The van der Waals surface area contributed by atoms with Crippen LogP contribution in [0.5, 0.6) is 0 Å². The van der Waals surface area contributed by atoms with Crippen LogP contribution in [0.1, 0.15) is 24.8 Å². The number of benzene rings is 1. The minimum Gasteiger partial charge on any atom is -0.313 e. The van der Waals surface area contributed by atoms with Crippen LogP contribution in [-0.4, -0.2) is 11.0 Å². The SMILES string of the molecule is Fc1ccc(CNCCCCCI)cc1F. The summed E-state index contributed by atoms with van der Waals surface area (Å²) >= 11 is 2.37. The zero-order valence-corrected chi connectivity index (χ0v) is 11.3. The maximum Gasteiger partial charge on any atom is 0.159 e. The lowest BCUT2D eigenvalue weighted by Gasteiger charge is -2.05. The van der Waals surface area contributed by atoms with Crippen molar-refractivity contribution in [3.63, 3.8) is 0 Å². The summed E-state index contributed by atoms with van der Waals surface area (Å²) in [6.45, 7) is 1.52. The van der Waals surface area contributed by atoms with Crippen molar-refractivity contribution in [2.75, 3.05) is 11.0 Å². The molecule has 0 aliphatic heterocycles. The van der Waals surface area contributed by atoms with Crippen LogP contribution in [0, 0.1) is 11.6 Å². The highest BCUT2D eigenvalue weighted by Crippen LogP contribution is 2.08. The molecule has 0 aliphatic carbocycles. The summed E-state index contributed by atoms with van der Waals surface area (Å²) in [6, 6.07) is 4.02. The summed E-state index contributed by atoms with van der Waals surface area (Å²) in [5.41, 5.74) is 0.785. The van der Waals surface area contributed by atoms with Crippen LogP contribution in [0.3, 0.4) is 0 Å². The fourth-order valence-electron chi connectivity index (χ4n) is 1.40. The molecule has 0 saturated carbocycles. The molecule has 0 atom stereocenters. The van der Waals surface area contributed by atoms with E-state index in [0.717, 1.165) is 18.5 Å². The summed E-state index contributed by atoms with van der Waals surface area (Å²) in [5.74, 6) is -1.56. The van der Waals surface area contributed by atoms with Crippen LogP contribution in [0.15, 0.2) is 18.2 Å². The number of rotatable bonds is 7. The standard InChI is InChI=1S/C12H16F2IN/c13-11-5-4-10(8-12(11)14)9-16-7-3-1-2-6-15/h4-5,8,16H,1-3,6-7,9H2. The highest BCUT2D eigenvalue weighted by molar-refractivity contribution is 14.1. The number of hydrogen-bond donors (Lipinski definition) is 1. The van der Waals surface area contributed by atoms with E-state index in [1.165, 1.54) is 29.4 Å². The number of nitrogens with one attached hydrogen (secondary N) is 1. The van der Waals surface area contributed by atoms with E-state index in [1.54, 1.807) is 6.07 Å². The Bertz CT molecular complexity index is 318. The van der Waals surface area contributed by atoms with E-state index in [-0.39, 0.29) is 0 Å². The van der Waals surface area contributed by atoms with Crippen LogP contribution in [-0.2, 0) is 6.54 Å². The van der Waals surface area contributed by atoms with Gasteiger partial charge in [0.1, 0.15) is 0 Å². The first kappa shape index (κ1) is 13.8. The molecule has 1 aromatic carbocycles. The minimum absolute atomic E-state index is 0.599. The molecule has 0 aromatic heterocycles. The highest BCUT2D eigenvalue weighted by Gasteiger charge is 2.01. The van der Waals surface area contributed by atoms with Crippen LogP contribution in [0.25, 0.3) is 0 Å². The molecule has 0 amide bonds. The van der Waals surface area contributed by atoms with Crippen molar-refractivity contribution in [2.45, 2.75) is 25.8 Å². The Balaban J connectivity index is 2.19. The summed E-state index contributed by atoms with van der Waals surface area (Å²) in [7, 11) is 0. The second-order valence-electron chi connectivity index (χ2n) is 3.67. The average molecular weight is 339 g/mol. The molecule has 0 saturated heterocycles. The fraction of sp³-hybridized carbons (Fsp3) is 0.500. The molecule has 0 bridgehead atoms. The molecule has 1 aromatic rings. The Morgan fingerprint density at radius 1 is 1.06 bits per heavy atom. The summed E-state index contributed by atoms with van der Waals surface area (Å²) in [4.78, 5) is 0. The third-order valence-corrected chi connectivity index (χ3v) is 3.06. The Hall–Kier alpha value is -0.230. The smallest absolute Gasteiger partial charge is 0.159 e. The summed E-state index contributed by atoms with van der Waals surface area (Å²) in [6.07, 6.45) is 3.59. The lowest BCUT2D eigenvalue weighted by atomic mass is 10.2. The van der Waals surface area contributed by atoms with E-state index in [1.807, 2.05) is 0 Å². The predicted octanol–water partition coefficient (Wildman–Crippen LogP) is 3.66. The largest absolute Gasteiger partial charge is 0.313 e. The van der Waals surface area contributed by atoms with Gasteiger partial charge < -0.3 is 5.32 Å². The Morgan fingerprint density at radius 3 is 2.56 bits per heavy atom. The van der Waals surface area contributed by atoms with Gasteiger partial charge in [0.25, 0.3) is 0 Å². The van der Waals surface area contributed by atoms with E-state index in [9.17, 15) is 8.78 Å². The zero-order chi connectivity index (χ0) is 11.8. The first-order chi connectivity index (χ1) is 7.74. The van der Waals surface area contributed by atoms with Gasteiger partial charge in [-0.05, 0) is 41.5 Å². The lowest BCUT2D eigenvalue weighted by molar-refractivity contribution is 0.505. The first-order valence-corrected chi connectivity index (χ1v) is 6.97. The van der Waals surface area contributed by atoms with E-state index in [4.69, 9.17) is 0 Å². The second kappa shape index (κ2) is 7.95. The molecule has 16 heavy (non-hydrogen) atoms. The van der Waals surface area contributed by atoms with E-state index in [2.05, 4.69) is 27.9 Å². The Morgan fingerprint density at radius 2 is 1.88 bits per heavy atom. The number of alkyl halides is 1. The maximum absolute atomic E-state index is 12.9. The molecule has 0 spiro atoms. The van der Waals surface area contributed by atoms with Crippen LogP contribution < -0.4 is 5.32 Å². The van der Waals surface area contributed by atoms with E-state index >= 15 is 0 Å². The minimum atomic E-state index is -0.786. The normalized spacial score (nSPS) is 10.7.